The molecule has 0 amide bonds. The van der Waals surface area contributed by atoms with Crippen molar-refractivity contribution in [3.63, 3.8) is 0 Å². The van der Waals surface area contributed by atoms with Crippen LogP contribution in [0.4, 0.5) is 5.69 Å². The van der Waals surface area contributed by atoms with Crippen molar-refractivity contribution in [2.75, 3.05) is 0 Å². The van der Waals surface area contributed by atoms with Crippen LogP contribution in [0.25, 0.3) is 0 Å². The van der Waals surface area contributed by atoms with Gasteiger partial charge in [0.25, 0.3) is 5.69 Å². The number of para-hydroxylation sites is 1. The van der Waals surface area contributed by atoms with Crippen LogP contribution in [0.3, 0.4) is 0 Å². The van der Waals surface area contributed by atoms with Crippen molar-refractivity contribution in [2.24, 2.45) is 0 Å². The van der Waals surface area contributed by atoms with E-state index in [1.165, 1.54) is 6.07 Å². The van der Waals surface area contributed by atoms with Crippen LogP contribution in [0.5, 0.6) is 0 Å². The molecule has 4 heteroatoms. The fourth-order valence-corrected chi connectivity index (χ4v) is 1.09. The Bertz CT molecular complexity index is 370. The zero-order valence-electron chi connectivity index (χ0n) is 11.1. The number of rotatable bonds is 2. The maximum absolute atomic E-state index is 10.5. The van der Waals surface area contributed by atoms with Gasteiger partial charge < -0.3 is 0 Å². The van der Waals surface area contributed by atoms with Gasteiger partial charge in [-0.3, -0.25) is 10.1 Å². The Morgan fingerprint density at radius 2 is 1.71 bits per heavy atom. The van der Waals surface area contributed by atoms with E-state index in [2.05, 4.69) is 0 Å². The standard InChI is InChI=1S/C9H8N2O2.2C2H6/c1-7(6-10)8-4-2-3-5-9(8)11(12)13;2*1-2/h2-5,7H,1H3;2*1-2H3. The smallest absolute Gasteiger partial charge is 0.258 e. The molecule has 0 radical (unpaired) electrons. The highest BCUT2D eigenvalue weighted by Crippen LogP contribution is 2.24. The van der Waals surface area contributed by atoms with Crippen LogP contribution in [0.15, 0.2) is 24.3 Å². The number of nitrogens with zero attached hydrogens (tertiary/aromatic N) is 2. The second-order valence-corrected chi connectivity index (χ2v) is 2.67. The van der Waals surface area contributed by atoms with E-state index in [4.69, 9.17) is 5.26 Å². The summed E-state index contributed by atoms with van der Waals surface area (Å²) in [6.45, 7) is 9.64. The minimum absolute atomic E-state index is 0.0107. The molecule has 0 N–H and O–H groups in total. The van der Waals surface area contributed by atoms with Crippen LogP contribution in [0.2, 0.25) is 0 Å². The Hall–Kier alpha value is -1.89. The maximum Gasteiger partial charge on any atom is 0.273 e. The first-order chi connectivity index (χ1) is 8.16. The average molecular weight is 236 g/mol. The highest BCUT2D eigenvalue weighted by molar-refractivity contribution is 5.43. The quantitative estimate of drug-likeness (QED) is 0.568. The number of nitro benzene ring substituents is 1. The minimum Gasteiger partial charge on any atom is -0.258 e. The first-order valence-electron chi connectivity index (χ1n) is 5.79. The van der Waals surface area contributed by atoms with Crippen LogP contribution < -0.4 is 0 Å². The molecule has 0 spiro atoms. The number of hydrogen-bond acceptors (Lipinski definition) is 3. The molecular weight excluding hydrogens is 216 g/mol. The van der Waals surface area contributed by atoms with Crippen molar-refractivity contribution < 1.29 is 4.92 Å². The Morgan fingerprint density at radius 3 is 2.12 bits per heavy atom. The van der Waals surface area contributed by atoms with Gasteiger partial charge in [0.2, 0.25) is 0 Å². The number of hydrogen-bond donors (Lipinski definition) is 0. The van der Waals surface area contributed by atoms with Crippen LogP contribution in [-0.4, -0.2) is 4.92 Å². The number of nitro groups is 1. The monoisotopic (exact) mass is 236 g/mol. The number of nitriles is 1. The Morgan fingerprint density at radius 1 is 1.24 bits per heavy atom. The van der Waals surface area contributed by atoms with Crippen molar-refractivity contribution in [1.82, 2.24) is 0 Å². The van der Waals surface area contributed by atoms with Gasteiger partial charge in [-0.2, -0.15) is 5.26 Å². The van der Waals surface area contributed by atoms with E-state index in [1.807, 2.05) is 33.8 Å². The molecule has 0 aliphatic carbocycles. The van der Waals surface area contributed by atoms with Crippen molar-refractivity contribution in [3.8, 4) is 6.07 Å². The summed E-state index contributed by atoms with van der Waals surface area (Å²) in [5, 5.41) is 19.2. The SMILES string of the molecule is CC.CC.CC(C#N)c1ccccc1[N+](=O)[O-]. The summed E-state index contributed by atoms with van der Waals surface area (Å²) >= 11 is 0. The van der Waals surface area contributed by atoms with Gasteiger partial charge in [0, 0.05) is 11.6 Å². The van der Waals surface area contributed by atoms with Gasteiger partial charge >= 0.3 is 0 Å². The molecule has 0 bridgehead atoms. The van der Waals surface area contributed by atoms with E-state index in [0.29, 0.717) is 5.56 Å². The van der Waals surface area contributed by atoms with Gasteiger partial charge in [-0.05, 0) is 6.92 Å². The molecule has 1 atom stereocenters. The third kappa shape index (κ3) is 5.67. The molecule has 0 aromatic heterocycles. The van der Waals surface area contributed by atoms with Crippen molar-refractivity contribution in [3.05, 3.63) is 39.9 Å². The number of benzene rings is 1. The minimum atomic E-state index is -0.469. The third-order valence-electron chi connectivity index (χ3n) is 1.79. The van der Waals surface area contributed by atoms with Crippen LogP contribution >= 0.6 is 0 Å². The van der Waals surface area contributed by atoms with E-state index < -0.39 is 10.8 Å². The first-order valence-corrected chi connectivity index (χ1v) is 5.79. The summed E-state index contributed by atoms with van der Waals surface area (Å²) in [6, 6.07) is 8.26. The molecular formula is C13H20N2O2. The van der Waals surface area contributed by atoms with Crippen molar-refractivity contribution >= 4 is 5.69 Å². The highest BCUT2D eigenvalue weighted by atomic mass is 16.6. The van der Waals surface area contributed by atoms with E-state index in [1.54, 1.807) is 25.1 Å². The molecule has 0 aliphatic rings. The van der Waals surface area contributed by atoms with Crippen LogP contribution in [0, 0.1) is 21.4 Å². The molecule has 1 aromatic rings. The molecule has 1 rings (SSSR count). The fraction of sp³-hybridized carbons (Fsp3) is 0.462. The fourth-order valence-electron chi connectivity index (χ4n) is 1.09. The Labute approximate surface area is 103 Å². The van der Waals surface area contributed by atoms with Crippen LogP contribution in [-0.2, 0) is 0 Å². The molecule has 0 aliphatic heterocycles. The summed E-state index contributed by atoms with van der Waals surface area (Å²) in [5.74, 6) is -0.443. The van der Waals surface area contributed by atoms with Gasteiger partial charge in [-0.25, -0.2) is 0 Å². The second kappa shape index (κ2) is 10.6. The predicted octanol–water partition coefficient (Wildman–Crippen LogP) is 4.27. The largest absolute Gasteiger partial charge is 0.273 e. The van der Waals surface area contributed by atoms with Gasteiger partial charge in [-0.1, -0.05) is 45.9 Å². The summed E-state index contributed by atoms with van der Waals surface area (Å²) < 4.78 is 0. The lowest BCUT2D eigenvalue weighted by molar-refractivity contribution is -0.385. The van der Waals surface area contributed by atoms with E-state index >= 15 is 0 Å². The van der Waals surface area contributed by atoms with Gasteiger partial charge in [0.05, 0.1) is 16.9 Å². The Balaban J connectivity index is 0. The molecule has 4 nitrogen and oxygen atoms in total. The predicted molar refractivity (Wildman–Crippen MR) is 69.8 cm³/mol. The van der Waals surface area contributed by atoms with E-state index in [0.717, 1.165) is 0 Å². The van der Waals surface area contributed by atoms with Crippen molar-refractivity contribution in [1.29, 1.82) is 5.26 Å². The zero-order chi connectivity index (χ0) is 13.8. The molecule has 17 heavy (non-hydrogen) atoms. The normalized spacial score (nSPS) is 9.65. The second-order valence-electron chi connectivity index (χ2n) is 2.67. The average Bonchev–Trinajstić information content (AvgIpc) is 2.42. The Kier molecular flexibility index (Phi) is 10.9. The lowest BCUT2D eigenvalue weighted by Crippen LogP contribution is -1.97. The summed E-state index contributed by atoms with van der Waals surface area (Å²) in [6.07, 6.45) is 0. The molecule has 0 saturated carbocycles. The van der Waals surface area contributed by atoms with E-state index in [9.17, 15) is 10.1 Å². The van der Waals surface area contributed by atoms with E-state index in [-0.39, 0.29) is 5.69 Å². The maximum atomic E-state index is 10.5. The van der Waals surface area contributed by atoms with Gasteiger partial charge in [0.15, 0.2) is 0 Å². The van der Waals surface area contributed by atoms with Crippen LogP contribution in [0.1, 0.15) is 46.1 Å². The molecule has 1 aromatic carbocycles. The zero-order valence-corrected chi connectivity index (χ0v) is 11.1. The lowest BCUT2D eigenvalue weighted by Gasteiger charge is -2.02. The third-order valence-corrected chi connectivity index (χ3v) is 1.79. The summed E-state index contributed by atoms with van der Waals surface area (Å²) in [4.78, 5) is 10.1. The molecule has 0 heterocycles. The first kappa shape index (κ1) is 17.5. The van der Waals surface area contributed by atoms with Gasteiger partial charge in [0.1, 0.15) is 0 Å². The topological polar surface area (TPSA) is 66.9 Å². The molecule has 0 saturated heterocycles. The molecule has 0 fully saturated rings. The summed E-state index contributed by atoms with van der Waals surface area (Å²) in [5.41, 5.74) is 0.478. The lowest BCUT2D eigenvalue weighted by atomic mass is 10.0. The van der Waals surface area contributed by atoms with Crippen molar-refractivity contribution in [2.45, 2.75) is 40.5 Å². The van der Waals surface area contributed by atoms with Gasteiger partial charge in [-0.15, -0.1) is 0 Å². The molecule has 94 valence electrons. The molecule has 1 unspecified atom stereocenters. The summed E-state index contributed by atoms with van der Waals surface area (Å²) in [7, 11) is 0. The highest BCUT2D eigenvalue weighted by Gasteiger charge is 2.16.